The normalized spacial score (nSPS) is 16.2. The summed E-state index contributed by atoms with van der Waals surface area (Å²) in [4.78, 5) is 12.8. The van der Waals surface area contributed by atoms with Crippen molar-refractivity contribution in [1.29, 1.82) is 0 Å². The lowest BCUT2D eigenvalue weighted by molar-refractivity contribution is 0.137. The number of ether oxygens (including phenoxy) is 2. The molecule has 2 rings (SSSR count). The highest BCUT2D eigenvalue weighted by Crippen LogP contribution is 2.23. The summed E-state index contributed by atoms with van der Waals surface area (Å²) >= 11 is 0. The highest BCUT2D eigenvalue weighted by molar-refractivity contribution is 5.27. The lowest BCUT2D eigenvalue weighted by Crippen LogP contribution is -2.21. The first-order valence-corrected chi connectivity index (χ1v) is 7.50. The molecule has 1 aromatic heterocycles. The molecule has 1 aliphatic carbocycles. The fourth-order valence-corrected chi connectivity index (χ4v) is 2.22. The molecule has 0 spiro atoms. The monoisotopic (exact) mass is 280 g/mol. The SMILES string of the molecule is CCNc1nc(OC(C)C)nc(OC2CCCCC2)n1. The van der Waals surface area contributed by atoms with E-state index in [1.807, 2.05) is 20.8 Å². The molecule has 0 bridgehead atoms. The average Bonchev–Trinajstić information content (AvgIpc) is 2.39. The number of nitrogens with one attached hydrogen (secondary N) is 1. The van der Waals surface area contributed by atoms with Crippen molar-refractivity contribution in [3.63, 3.8) is 0 Å². The van der Waals surface area contributed by atoms with E-state index in [0.717, 1.165) is 19.4 Å². The Hall–Kier alpha value is -1.59. The number of hydrogen-bond donors (Lipinski definition) is 1. The largest absolute Gasteiger partial charge is 0.461 e. The van der Waals surface area contributed by atoms with Crippen LogP contribution in [-0.4, -0.2) is 33.7 Å². The third kappa shape index (κ3) is 4.51. The molecule has 20 heavy (non-hydrogen) atoms. The molecule has 1 aromatic rings. The van der Waals surface area contributed by atoms with Gasteiger partial charge in [-0.15, -0.1) is 4.98 Å². The number of hydrogen-bond acceptors (Lipinski definition) is 6. The summed E-state index contributed by atoms with van der Waals surface area (Å²) in [5.41, 5.74) is 0. The van der Waals surface area contributed by atoms with Crippen LogP contribution in [0.15, 0.2) is 0 Å². The van der Waals surface area contributed by atoms with E-state index in [9.17, 15) is 0 Å². The smallest absolute Gasteiger partial charge is 0.324 e. The molecular weight excluding hydrogens is 256 g/mol. The van der Waals surface area contributed by atoms with Crippen LogP contribution >= 0.6 is 0 Å². The van der Waals surface area contributed by atoms with Gasteiger partial charge in [-0.25, -0.2) is 0 Å². The molecule has 0 unspecified atom stereocenters. The number of rotatable bonds is 6. The van der Waals surface area contributed by atoms with E-state index in [1.165, 1.54) is 19.3 Å². The second kappa shape index (κ2) is 7.26. The van der Waals surface area contributed by atoms with Crippen molar-refractivity contribution in [3.8, 4) is 12.0 Å². The molecule has 0 radical (unpaired) electrons. The maximum Gasteiger partial charge on any atom is 0.324 e. The molecule has 112 valence electrons. The third-order valence-electron chi connectivity index (χ3n) is 3.09. The van der Waals surface area contributed by atoms with Gasteiger partial charge in [-0.2, -0.15) is 9.97 Å². The van der Waals surface area contributed by atoms with E-state index in [0.29, 0.717) is 18.0 Å². The van der Waals surface area contributed by atoms with Gasteiger partial charge in [0.15, 0.2) is 0 Å². The van der Waals surface area contributed by atoms with E-state index >= 15 is 0 Å². The first kappa shape index (κ1) is 14.8. The van der Waals surface area contributed by atoms with Gasteiger partial charge in [-0.1, -0.05) is 6.42 Å². The minimum atomic E-state index is 0.0226. The van der Waals surface area contributed by atoms with Crippen molar-refractivity contribution in [2.45, 2.75) is 65.1 Å². The molecule has 1 fully saturated rings. The van der Waals surface area contributed by atoms with Crippen LogP contribution in [0.25, 0.3) is 0 Å². The summed E-state index contributed by atoms with van der Waals surface area (Å²) in [7, 11) is 0. The van der Waals surface area contributed by atoms with Crippen LogP contribution in [0, 0.1) is 0 Å². The summed E-state index contributed by atoms with van der Waals surface area (Å²) in [5.74, 6) is 0.504. The molecule has 0 aromatic carbocycles. The lowest BCUT2D eigenvalue weighted by Gasteiger charge is -2.22. The topological polar surface area (TPSA) is 69.2 Å². The maximum absolute atomic E-state index is 5.88. The zero-order valence-electron chi connectivity index (χ0n) is 12.6. The molecule has 1 saturated carbocycles. The summed E-state index contributed by atoms with van der Waals surface area (Å²) in [5, 5.41) is 3.08. The maximum atomic E-state index is 5.88. The number of nitrogens with zero attached hydrogens (tertiary/aromatic N) is 3. The van der Waals surface area contributed by atoms with Crippen molar-refractivity contribution < 1.29 is 9.47 Å². The Balaban J connectivity index is 2.10. The van der Waals surface area contributed by atoms with Gasteiger partial charge < -0.3 is 14.8 Å². The summed E-state index contributed by atoms with van der Waals surface area (Å²) < 4.78 is 11.4. The van der Waals surface area contributed by atoms with Gasteiger partial charge in [0.05, 0.1) is 6.10 Å². The Morgan fingerprint density at radius 1 is 1.10 bits per heavy atom. The standard InChI is InChI=1S/C14H24N4O2/c1-4-15-12-16-13(19-10(2)3)18-14(17-12)20-11-8-6-5-7-9-11/h10-11H,4-9H2,1-3H3,(H,15,16,17,18). The van der Waals surface area contributed by atoms with Crippen LogP contribution in [0.2, 0.25) is 0 Å². The Labute approximate surface area is 120 Å². The predicted molar refractivity (Wildman–Crippen MR) is 77.3 cm³/mol. The summed E-state index contributed by atoms with van der Waals surface area (Å²) in [6.07, 6.45) is 6.10. The Kier molecular flexibility index (Phi) is 5.38. The Morgan fingerprint density at radius 3 is 2.45 bits per heavy atom. The fraction of sp³-hybridized carbons (Fsp3) is 0.786. The van der Waals surface area contributed by atoms with Crippen molar-refractivity contribution in [1.82, 2.24) is 15.0 Å². The molecule has 6 nitrogen and oxygen atoms in total. The van der Waals surface area contributed by atoms with Gasteiger partial charge in [0.2, 0.25) is 5.95 Å². The van der Waals surface area contributed by atoms with E-state index in [1.54, 1.807) is 0 Å². The highest BCUT2D eigenvalue weighted by Gasteiger charge is 2.18. The Morgan fingerprint density at radius 2 is 1.80 bits per heavy atom. The van der Waals surface area contributed by atoms with Crippen molar-refractivity contribution in [2.75, 3.05) is 11.9 Å². The fourth-order valence-electron chi connectivity index (χ4n) is 2.22. The van der Waals surface area contributed by atoms with Crippen LogP contribution in [0.3, 0.4) is 0 Å². The van der Waals surface area contributed by atoms with Gasteiger partial charge in [0.1, 0.15) is 6.10 Å². The van der Waals surface area contributed by atoms with Gasteiger partial charge in [-0.3, -0.25) is 0 Å². The van der Waals surface area contributed by atoms with Crippen LogP contribution in [0.1, 0.15) is 52.9 Å². The molecule has 1 aliphatic rings. The number of aromatic nitrogens is 3. The minimum absolute atomic E-state index is 0.0226. The molecule has 1 heterocycles. The molecule has 0 saturated heterocycles. The van der Waals surface area contributed by atoms with Crippen molar-refractivity contribution in [3.05, 3.63) is 0 Å². The lowest BCUT2D eigenvalue weighted by atomic mass is 9.98. The van der Waals surface area contributed by atoms with Crippen LogP contribution in [0.4, 0.5) is 5.95 Å². The first-order valence-electron chi connectivity index (χ1n) is 7.50. The highest BCUT2D eigenvalue weighted by atomic mass is 16.5. The predicted octanol–water partition coefficient (Wildman–Crippen LogP) is 2.80. The molecular formula is C14H24N4O2. The zero-order valence-corrected chi connectivity index (χ0v) is 12.6. The van der Waals surface area contributed by atoms with Crippen LogP contribution in [0.5, 0.6) is 12.0 Å². The second-order valence-corrected chi connectivity index (χ2v) is 5.30. The van der Waals surface area contributed by atoms with Gasteiger partial charge in [0.25, 0.3) is 0 Å². The zero-order chi connectivity index (χ0) is 14.4. The van der Waals surface area contributed by atoms with Crippen LogP contribution < -0.4 is 14.8 Å². The van der Waals surface area contributed by atoms with Gasteiger partial charge in [-0.05, 0) is 46.5 Å². The molecule has 0 aliphatic heterocycles. The molecule has 1 N–H and O–H groups in total. The minimum Gasteiger partial charge on any atom is -0.461 e. The molecule has 6 heteroatoms. The average molecular weight is 280 g/mol. The Bertz CT molecular complexity index is 420. The van der Waals surface area contributed by atoms with Crippen molar-refractivity contribution in [2.24, 2.45) is 0 Å². The third-order valence-corrected chi connectivity index (χ3v) is 3.09. The first-order chi connectivity index (χ1) is 9.67. The van der Waals surface area contributed by atoms with Gasteiger partial charge in [0, 0.05) is 6.54 Å². The van der Waals surface area contributed by atoms with E-state index in [4.69, 9.17) is 9.47 Å². The summed E-state index contributed by atoms with van der Waals surface area (Å²) in [6, 6.07) is 0.676. The quantitative estimate of drug-likeness (QED) is 0.864. The molecule has 0 atom stereocenters. The van der Waals surface area contributed by atoms with E-state index in [-0.39, 0.29) is 12.2 Å². The van der Waals surface area contributed by atoms with E-state index in [2.05, 4.69) is 20.3 Å². The second-order valence-electron chi connectivity index (χ2n) is 5.30. The van der Waals surface area contributed by atoms with Crippen molar-refractivity contribution >= 4 is 5.95 Å². The van der Waals surface area contributed by atoms with Gasteiger partial charge >= 0.3 is 12.0 Å². The van der Waals surface area contributed by atoms with Crippen LogP contribution in [-0.2, 0) is 0 Å². The van der Waals surface area contributed by atoms with E-state index < -0.39 is 0 Å². The summed E-state index contributed by atoms with van der Waals surface area (Å²) in [6.45, 7) is 6.62. The number of anilines is 1. The molecule has 0 amide bonds.